The third-order valence-electron chi connectivity index (χ3n) is 3.10. The maximum absolute atomic E-state index is 13.9. The van der Waals surface area contributed by atoms with Crippen LogP contribution in [0.1, 0.15) is 31.7 Å². The lowest BCUT2D eigenvalue weighted by Crippen LogP contribution is -2.40. The van der Waals surface area contributed by atoms with E-state index in [1.165, 1.54) is 13.2 Å². The number of amides is 1. The van der Waals surface area contributed by atoms with Gasteiger partial charge < -0.3 is 15.2 Å². The summed E-state index contributed by atoms with van der Waals surface area (Å²) in [7, 11) is 1.37. The average Bonchev–Trinajstić information content (AvgIpc) is 2.45. The molecule has 1 amide bonds. The molecule has 0 bridgehead atoms. The van der Waals surface area contributed by atoms with Crippen LogP contribution < -0.4 is 10.1 Å². The normalized spacial score (nSPS) is 11.8. The zero-order chi connectivity index (χ0) is 15.8. The summed E-state index contributed by atoms with van der Waals surface area (Å²) in [5.41, 5.74) is 0.367. The fourth-order valence-electron chi connectivity index (χ4n) is 1.97. The molecule has 0 saturated heterocycles. The van der Waals surface area contributed by atoms with E-state index in [-0.39, 0.29) is 18.6 Å². The standard InChI is InChI=1S/C15H20FNO4/c1-3-5-11(15(19)20)17-13(18)9-8-10-6-4-7-12(21-2)14(10)16/h4,6-7,11H,3,5,8-9H2,1-2H3,(H,17,18)(H,19,20). The number of carbonyl (C=O) groups is 2. The smallest absolute Gasteiger partial charge is 0.326 e. The van der Waals surface area contributed by atoms with Crippen LogP contribution >= 0.6 is 0 Å². The quantitative estimate of drug-likeness (QED) is 0.771. The maximum atomic E-state index is 13.9. The number of ether oxygens (including phenoxy) is 1. The monoisotopic (exact) mass is 297 g/mol. The molecule has 0 fully saturated rings. The zero-order valence-corrected chi connectivity index (χ0v) is 12.2. The highest BCUT2D eigenvalue weighted by atomic mass is 19.1. The number of benzene rings is 1. The van der Waals surface area contributed by atoms with Gasteiger partial charge >= 0.3 is 5.97 Å². The summed E-state index contributed by atoms with van der Waals surface area (Å²) in [6.45, 7) is 1.84. The van der Waals surface area contributed by atoms with Crippen molar-refractivity contribution < 1.29 is 23.8 Å². The summed E-state index contributed by atoms with van der Waals surface area (Å²) < 4.78 is 18.8. The molecule has 0 aliphatic carbocycles. The molecule has 2 N–H and O–H groups in total. The van der Waals surface area contributed by atoms with E-state index in [0.717, 1.165) is 0 Å². The molecular weight excluding hydrogens is 277 g/mol. The first-order chi connectivity index (χ1) is 9.99. The van der Waals surface area contributed by atoms with Crippen molar-refractivity contribution in [2.75, 3.05) is 7.11 Å². The van der Waals surface area contributed by atoms with E-state index in [4.69, 9.17) is 9.84 Å². The highest BCUT2D eigenvalue weighted by Gasteiger charge is 2.19. The summed E-state index contributed by atoms with van der Waals surface area (Å²) >= 11 is 0. The van der Waals surface area contributed by atoms with Crippen LogP contribution in [0.2, 0.25) is 0 Å². The maximum Gasteiger partial charge on any atom is 0.326 e. The van der Waals surface area contributed by atoms with Crippen molar-refractivity contribution >= 4 is 11.9 Å². The van der Waals surface area contributed by atoms with Crippen LogP contribution in [0.15, 0.2) is 18.2 Å². The Labute approximate surface area is 123 Å². The Morgan fingerprint density at radius 3 is 2.71 bits per heavy atom. The van der Waals surface area contributed by atoms with Gasteiger partial charge in [0.2, 0.25) is 5.91 Å². The van der Waals surface area contributed by atoms with Gasteiger partial charge in [0.1, 0.15) is 6.04 Å². The van der Waals surface area contributed by atoms with Crippen molar-refractivity contribution in [2.24, 2.45) is 0 Å². The molecule has 1 rings (SSSR count). The van der Waals surface area contributed by atoms with Gasteiger partial charge in [-0.3, -0.25) is 4.79 Å². The molecule has 0 saturated carbocycles. The Kier molecular flexibility index (Phi) is 6.65. The van der Waals surface area contributed by atoms with Crippen LogP contribution in [0, 0.1) is 5.82 Å². The van der Waals surface area contributed by atoms with E-state index in [1.54, 1.807) is 12.1 Å². The zero-order valence-electron chi connectivity index (χ0n) is 12.2. The molecule has 0 heterocycles. The third-order valence-corrected chi connectivity index (χ3v) is 3.10. The van der Waals surface area contributed by atoms with Gasteiger partial charge in [-0.05, 0) is 24.5 Å². The first kappa shape index (κ1) is 16.9. The Bertz CT molecular complexity index is 504. The Hall–Kier alpha value is -2.11. The second kappa shape index (κ2) is 8.24. The van der Waals surface area contributed by atoms with Crippen molar-refractivity contribution in [3.05, 3.63) is 29.6 Å². The molecule has 1 atom stereocenters. The minimum atomic E-state index is -1.06. The number of hydrogen-bond donors (Lipinski definition) is 2. The molecule has 0 aliphatic heterocycles. The van der Waals surface area contributed by atoms with Gasteiger partial charge in [0, 0.05) is 6.42 Å². The van der Waals surface area contributed by atoms with Gasteiger partial charge in [0.05, 0.1) is 7.11 Å². The van der Waals surface area contributed by atoms with Gasteiger partial charge in [-0.2, -0.15) is 0 Å². The minimum absolute atomic E-state index is 0.0254. The van der Waals surface area contributed by atoms with Crippen LogP contribution in [-0.2, 0) is 16.0 Å². The SMILES string of the molecule is CCCC(NC(=O)CCc1cccc(OC)c1F)C(=O)O. The van der Waals surface area contributed by atoms with Gasteiger partial charge in [-0.25, -0.2) is 9.18 Å². The van der Waals surface area contributed by atoms with Crippen LogP contribution in [0.4, 0.5) is 4.39 Å². The van der Waals surface area contributed by atoms with E-state index in [1.807, 2.05) is 6.92 Å². The molecule has 6 heteroatoms. The molecular formula is C15H20FNO4. The number of hydrogen-bond acceptors (Lipinski definition) is 3. The number of methoxy groups -OCH3 is 1. The second-order valence-electron chi connectivity index (χ2n) is 4.68. The van der Waals surface area contributed by atoms with E-state index >= 15 is 0 Å². The van der Waals surface area contributed by atoms with Gasteiger partial charge in [-0.15, -0.1) is 0 Å². The minimum Gasteiger partial charge on any atom is -0.494 e. The van der Waals surface area contributed by atoms with Crippen molar-refractivity contribution in [3.63, 3.8) is 0 Å². The number of carboxylic acids is 1. The molecule has 0 aromatic heterocycles. The number of nitrogens with one attached hydrogen (secondary N) is 1. The second-order valence-corrected chi connectivity index (χ2v) is 4.68. The molecule has 1 aromatic carbocycles. The number of rotatable bonds is 8. The lowest BCUT2D eigenvalue weighted by molar-refractivity contribution is -0.142. The molecule has 21 heavy (non-hydrogen) atoms. The van der Waals surface area contributed by atoms with Crippen LogP contribution in [0.3, 0.4) is 0 Å². The summed E-state index contributed by atoms with van der Waals surface area (Å²) in [4.78, 5) is 22.7. The molecule has 116 valence electrons. The fraction of sp³-hybridized carbons (Fsp3) is 0.467. The van der Waals surface area contributed by atoms with E-state index < -0.39 is 23.7 Å². The highest BCUT2D eigenvalue weighted by Crippen LogP contribution is 2.20. The Morgan fingerprint density at radius 1 is 1.43 bits per heavy atom. The third kappa shape index (κ3) is 5.06. The molecule has 1 unspecified atom stereocenters. The van der Waals surface area contributed by atoms with E-state index in [9.17, 15) is 14.0 Å². The van der Waals surface area contributed by atoms with Crippen LogP contribution in [0.25, 0.3) is 0 Å². The topological polar surface area (TPSA) is 75.6 Å². The molecule has 0 aliphatic rings. The average molecular weight is 297 g/mol. The number of aryl methyl sites for hydroxylation is 1. The van der Waals surface area contributed by atoms with E-state index in [2.05, 4.69) is 5.32 Å². The number of carbonyl (C=O) groups excluding carboxylic acids is 1. The van der Waals surface area contributed by atoms with Crippen molar-refractivity contribution in [2.45, 2.75) is 38.6 Å². The summed E-state index contributed by atoms with van der Waals surface area (Å²) in [6.07, 6.45) is 1.24. The Morgan fingerprint density at radius 2 is 2.14 bits per heavy atom. The summed E-state index contributed by atoms with van der Waals surface area (Å²) in [5, 5.41) is 11.4. The molecule has 5 nitrogen and oxygen atoms in total. The number of aliphatic carboxylic acids is 1. The number of halogens is 1. The van der Waals surface area contributed by atoms with Gasteiger partial charge in [0.25, 0.3) is 0 Å². The highest BCUT2D eigenvalue weighted by molar-refractivity contribution is 5.83. The first-order valence-corrected chi connectivity index (χ1v) is 6.83. The predicted octanol–water partition coefficient (Wildman–Crippen LogP) is 2.14. The van der Waals surface area contributed by atoms with Crippen LogP contribution in [-0.4, -0.2) is 30.1 Å². The van der Waals surface area contributed by atoms with Crippen molar-refractivity contribution in [1.29, 1.82) is 0 Å². The van der Waals surface area contributed by atoms with E-state index in [0.29, 0.717) is 18.4 Å². The Balaban J connectivity index is 2.59. The summed E-state index contributed by atoms with van der Waals surface area (Å²) in [6, 6.07) is 3.83. The predicted molar refractivity (Wildman–Crippen MR) is 75.7 cm³/mol. The van der Waals surface area contributed by atoms with Crippen molar-refractivity contribution in [3.8, 4) is 5.75 Å². The summed E-state index contributed by atoms with van der Waals surface area (Å²) in [5.74, 6) is -1.82. The fourth-order valence-corrected chi connectivity index (χ4v) is 1.97. The van der Waals surface area contributed by atoms with Crippen LogP contribution in [0.5, 0.6) is 5.75 Å². The molecule has 0 radical (unpaired) electrons. The largest absolute Gasteiger partial charge is 0.494 e. The van der Waals surface area contributed by atoms with Gasteiger partial charge in [0.15, 0.2) is 11.6 Å². The molecule has 0 spiro atoms. The van der Waals surface area contributed by atoms with Crippen molar-refractivity contribution in [1.82, 2.24) is 5.32 Å². The lowest BCUT2D eigenvalue weighted by Gasteiger charge is -2.13. The molecule has 1 aromatic rings. The lowest BCUT2D eigenvalue weighted by atomic mass is 10.1. The first-order valence-electron chi connectivity index (χ1n) is 6.83. The van der Waals surface area contributed by atoms with Gasteiger partial charge in [-0.1, -0.05) is 25.5 Å². The number of carboxylic acid groups (broad SMARTS) is 1.